The predicted octanol–water partition coefficient (Wildman–Crippen LogP) is 5.07. The van der Waals surface area contributed by atoms with Gasteiger partial charge in [-0.1, -0.05) is 25.7 Å². The number of nitrogens with zero attached hydrogens (tertiary/aromatic N) is 3. The summed E-state index contributed by atoms with van der Waals surface area (Å²) in [4.78, 5) is 6.97. The lowest BCUT2D eigenvalue weighted by molar-refractivity contribution is 0.151. The Kier molecular flexibility index (Phi) is 6.85. The molecular weight excluding hydrogens is 370 g/mol. The van der Waals surface area contributed by atoms with Crippen molar-refractivity contribution in [3.63, 3.8) is 0 Å². The van der Waals surface area contributed by atoms with Crippen molar-refractivity contribution in [2.24, 2.45) is 5.92 Å². The molecule has 3 heterocycles. The molecule has 1 saturated heterocycles. The number of alkyl halides is 2. The van der Waals surface area contributed by atoms with E-state index in [9.17, 15) is 8.78 Å². The summed E-state index contributed by atoms with van der Waals surface area (Å²) in [7, 11) is 0. The topological polar surface area (TPSA) is 32.6 Å². The average Bonchev–Trinajstić information content (AvgIpc) is 3.15. The minimum atomic E-state index is -2.49. The fraction of sp³-hybridized carbons (Fsp3) is 0.435. The number of pyridine rings is 1. The maximum Gasteiger partial charge on any atom is 0.265 e. The van der Waals surface area contributed by atoms with E-state index in [1.807, 2.05) is 0 Å². The third-order valence-corrected chi connectivity index (χ3v) is 5.47. The van der Waals surface area contributed by atoms with Gasteiger partial charge in [0.05, 0.1) is 5.70 Å². The molecule has 1 aliphatic heterocycles. The van der Waals surface area contributed by atoms with Gasteiger partial charge in [0.25, 0.3) is 6.43 Å². The first-order valence-electron chi connectivity index (χ1n) is 10.1. The summed E-state index contributed by atoms with van der Waals surface area (Å²) in [6.45, 7) is 14.4. The maximum atomic E-state index is 12.9. The van der Waals surface area contributed by atoms with Crippen LogP contribution in [0.1, 0.15) is 44.9 Å². The summed E-state index contributed by atoms with van der Waals surface area (Å²) in [5.41, 5.74) is 4.89. The molecule has 0 saturated carbocycles. The Hall–Kier alpha value is -2.47. The fourth-order valence-corrected chi connectivity index (χ4v) is 3.80. The predicted molar refractivity (Wildman–Crippen MR) is 115 cm³/mol. The van der Waals surface area contributed by atoms with Gasteiger partial charge in [-0.15, -0.1) is 0 Å². The molecule has 2 aromatic rings. The molecule has 6 heteroatoms. The zero-order chi connectivity index (χ0) is 21.0. The Morgan fingerprint density at radius 3 is 2.69 bits per heavy atom. The van der Waals surface area contributed by atoms with Crippen LogP contribution in [0.25, 0.3) is 11.3 Å². The van der Waals surface area contributed by atoms with E-state index < -0.39 is 6.43 Å². The SMILES string of the molecule is C=C(NCC(C)CN1CCC(=C/C)/C(=C\C)C1)c1cn2cc(C(F)F)ccc2n1. The molecule has 1 atom stereocenters. The second kappa shape index (κ2) is 9.35. The number of allylic oxidation sites excluding steroid dienone is 2. The van der Waals surface area contributed by atoms with Gasteiger partial charge in [0.2, 0.25) is 0 Å². The summed E-state index contributed by atoms with van der Waals surface area (Å²) < 4.78 is 27.4. The van der Waals surface area contributed by atoms with Crippen LogP contribution in [0.15, 0.2) is 54.4 Å². The van der Waals surface area contributed by atoms with Crippen molar-refractivity contribution in [2.45, 2.75) is 33.6 Å². The minimum Gasteiger partial charge on any atom is -0.383 e. The number of hydrogen-bond acceptors (Lipinski definition) is 3. The molecule has 0 radical (unpaired) electrons. The maximum absolute atomic E-state index is 12.9. The lowest BCUT2D eigenvalue weighted by Gasteiger charge is -2.32. The van der Waals surface area contributed by atoms with Gasteiger partial charge in [-0.25, -0.2) is 13.8 Å². The number of imidazole rings is 1. The molecule has 156 valence electrons. The van der Waals surface area contributed by atoms with Crippen LogP contribution in [0.2, 0.25) is 0 Å². The van der Waals surface area contributed by atoms with Crippen molar-refractivity contribution in [1.29, 1.82) is 0 Å². The molecule has 0 aromatic carbocycles. The summed E-state index contributed by atoms with van der Waals surface area (Å²) in [5, 5.41) is 3.36. The van der Waals surface area contributed by atoms with E-state index in [2.05, 4.69) is 54.7 Å². The average molecular weight is 401 g/mol. The second-order valence-electron chi connectivity index (χ2n) is 7.73. The van der Waals surface area contributed by atoms with E-state index in [1.165, 1.54) is 23.4 Å². The zero-order valence-electron chi connectivity index (χ0n) is 17.5. The number of fused-ring (bicyclic) bond motifs is 1. The van der Waals surface area contributed by atoms with Crippen molar-refractivity contribution in [2.75, 3.05) is 26.2 Å². The van der Waals surface area contributed by atoms with Crippen molar-refractivity contribution >= 4 is 11.3 Å². The van der Waals surface area contributed by atoms with Gasteiger partial charge in [0.15, 0.2) is 0 Å². The van der Waals surface area contributed by atoms with E-state index in [4.69, 9.17) is 0 Å². The lowest BCUT2D eigenvalue weighted by atomic mass is 9.96. The second-order valence-corrected chi connectivity index (χ2v) is 7.73. The molecule has 0 bridgehead atoms. The van der Waals surface area contributed by atoms with Crippen molar-refractivity contribution in [1.82, 2.24) is 19.6 Å². The first-order valence-corrected chi connectivity index (χ1v) is 10.1. The number of aromatic nitrogens is 2. The third kappa shape index (κ3) is 5.12. The summed E-state index contributed by atoms with van der Waals surface area (Å²) in [5.74, 6) is 0.444. The van der Waals surface area contributed by atoms with Gasteiger partial charge in [0, 0.05) is 44.1 Å². The molecule has 1 N–H and O–H groups in total. The van der Waals surface area contributed by atoms with Gasteiger partial charge in [-0.3, -0.25) is 4.90 Å². The highest BCUT2D eigenvalue weighted by Crippen LogP contribution is 2.23. The molecule has 29 heavy (non-hydrogen) atoms. The van der Waals surface area contributed by atoms with E-state index >= 15 is 0 Å². The Bertz CT molecular complexity index is 926. The highest BCUT2D eigenvalue weighted by Gasteiger charge is 2.19. The standard InChI is InChI=1S/C23H30F2N4/c1-5-18-9-10-28(13-19(18)6-2)12-16(3)11-26-17(4)21-15-29-14-20(23(24)25)7-8-22(29)27-21/h5-8,14-16,23,26H,4,9-13H2,1-3H3/b18-5-,19-6-. The summed E-state index contributed by atoms with van der Waals surface area (Å²) >= 11 is 0. The Balaban J connectivity index is 1.54. The molecule has 4 nitrogen and oxygen atoms in total. The van der Waals surface area contributed by atoms with Crippen LogP contribution in [0.3, 0.4) is 0 Å². The molecule has 0 amide bonds. The quantitative estimate of drug-likeness (QED) is 0.705. The molecule has 0 spiro atoms. The zero-order valence-corrected chi connectivity index (χ0v) is 17.5. The smallest absolute Gasteiger partial charge is 0.265 e. The lowest BCUT2D eigenvalue weighted by Crippen LogP contribution is -2.38. The third-order valence-electron chi connectivity index (χ3n) is 5.47. The van der Waals surface area contributed by atoms with Gasteiger partial charge in [-0.2, -0.15) is 0 Å². The molecule has 2 aromatic heterocycles. The summed E-state index contributed by atoms with van der Waals surface area (Å²) in [6.07, 6.45) is 6.21. The van der Waals surface area contributed by atoms with Gasteiger partial charge < -0.3 is 9.72 Å². The highest BCUT2D eigenvalue weighted by molar-refractivity contribution is 5.61. The van der Waals surface area contributed by atoms with Crippen molar-refractivity contribution in [3.05, 3.63) is 65.7 Å². The van der Waals surface area contributed by atoms with Crippen LogP contribution >= 0.6 is 0 Å². The largest absolute Gasteiger partial charge is 0.383 e. The van der Waals surface area contributed by atoms with Crippen LogP contribution in [0, 0.1) is 5.92 Å². The fourth-order valence-electron chi connectivity index (χ4n) is 3.80. The number of rotatable bonds is 7. The van der Waals surface area contributed by atoms with Gasteiger partial charge >= 0.3 is 0 Å². The highest BCUT2D eigenvalue weighted by atomic mass is 19.3. The van der Waals surface area contributed by atoms with Crippen LogP contribution in [-0.4, -0.2) is 40.5 Å². The molecule has 1 unspecified atom stereocenters. The number of halogens is 2. The van der Waals surface area contributed by atoms with Crippen LogP contribution in [-0.2, 0) is 0 Å². The Labute approximate surface area is 171 Å². The molecular formula is C23H30F2N4. The van der Waals surface area contributed by atoms with E-state index in [0.717, 1.165) is 32.6 Å². The molecule has 1 aliphatic rings. The van der Waals surface area contributed by atoms with Crippen molar-refractivity contribution < 1.29 is 8.78 Å². The van der Waals surface area contributed by atoms with Crippen LogP contribution in [0.5, 0.6) is 0 Å². The number of hydrogen-bond donors (Lipinski definition) is 1. The number of piperidine rings is 1. The molecule has 3 rings (SSSR count). The summed E-state index contributed by atoms with van der Waals surface area (Å²) in [6, 6.07) is 3.01. The first-order chi connectivity index (χ1) is 13.9. The van der Waals surface area contributed by atoms with E-state index in [0.29, 0.717) is 23.0 Å². The molecule has 0 aliphatic carbocycles. The Morgan fingerprint density at radius 2 is 2.00 bits per heavy atom. The van der Waals surface area contributed by atoms with Gasteiger partial charge in [0.1, 0.15) is 11.3 Å². The Morgan fingerprint density at radius 1 is 1.24 bits per heavy atom. The van der Waals surface area contributed by atoms with Crippen LogP contribution in [0.4, 0.5) is 8.78 Å². The van der Waals surface area contributed by atoms with E-state index in [-0.39, 0.29) is 5.56 Å². The van der Waals surface area contributed by atoms with Crippen LogP contribution < -0.4 is 5.32 Å². The number of likely N-dealkylation sites (tertiary alicyclic amines) is 1. The van der Waals surface area contributed by atoms with E-state index in [1.54, 1.807) is 16.7 Å². The first kappa shape index (κ1) is 21.2. The normalized spacial score (nSPS) is 19.4. The monoisotopic (exact) mass is 400 g/mol. The van der Waals surface area contributed by atoms with Gasteiger partial charge in [-0.05, 0) is 49.5 Å². The minimum absolute atomic E-state index is 0.0169. The molecule has 1 fully saturated rings. The van der Waals surface area contributed by atoms with Crippen molar-refractivity contribution in [3.8, 4) is 0 Å². The number of nitrogens with one attached hydrogen (secondary N) is 1.